The third-order valence-corrected chi connectivity index (χ3v) is 3.92. The zero-order chi connectivity index (χ0) is 16.5. The first-order valence-corrected chi connectivity index (χ1v) is 7.58. The number of ether oxygens (including phenoxy) is 1. The predicted molar refractivity (Wildman–Crippen MR) is 92.3 cm³/mol. The summed E-state index contributed by atoms with van der Waals surface area (Å²) in [6, 6.07) is 9.14. The molecule has 0 fully saturated rings. The van der Waals surface area contributed by atoms with E-state index in [1.165, 1.54) is 0 Å². The van der Waals surface area contributed by atoms with Crippen molar-refractivity contribution in [1.29, 1.82) is 0 Å². The summed E-state index contributed by atoms with van der Waals surface area (Å²) in [5.41, 5.74) is 2.82. The van der Waals surface area contributed by atoms with Crippen LogP contribution in [0.3, 0.4) is 0 Å². The molecule has 2 aliphatic rings. The van der Waals surface area contributed by atoms with Crippen LogP contribution >= 0.6 is 0 Å². The van der Waals surface area contributed by atoms with E-state index in [4.69, 9.17) is 4.74 Å². The summed E-state index contributed by atoms with van der Waals surface area (Å²) in [4.78, 5) is 17.1. The smallest absolute Gasteiger partial charge is 0.215 e. The molecule has 1 N–H and O–H groups in total. The van der Waals surface area contributed by atoms with Gasteiger partial charge in [-0.3, -0.25) is 14.7 Å². The Labute approximate surface area is 139 Å². The third-order valence-electron chi connectivity index (χ3n) is 3.92. The summed E-state index contributed by atoms with van der Waals surface area (Å²) in [5.74, 6) is 1.06. The average molecular weight is 317 g/mol. The van der Waals surface area contributed by atoms with E-state index < -0.39 is 0 Å². The van der Waals surface area contributed by atoms with Crippen LogP contribution in [0.1, 0.15) is 16.1 Å². The lowest BCUT2D eigenvalue weighted by molar-refractivity contribution is 0.103. The Kier molecular flexibility index (Phi) is 3.39. The van der Waals surface area contributed by atoms with Crippen molar-refractivity contribution in [3.8, 4) is 0 Å². The molecule has 24 heavy (non-hydrogen) atoms. The molecular formula is C19H15N3O2. The Morgan fingerprint density at radius 1 is 1.17 bits per heavy atom. The van der Waals surface area contributed by atoms with Crippen LogP contribution in [-0.4, -0.2) is 22.4 Å². The van der Waals surface area contributed by atoms with Crippen molar-refractivity contribution in [2.24, 2.45) is 0 Å². The molecular weight excluding hydrogens is 302 g/mol. The van der Waals surface area contributed by atoms with Crippen LogP contribution in [0.2, 0.25) is 0 Å². The van der Waals surface area contributed by atoms with E-state index in [2.05, 4.69) is 10.3 Å². The molecule has 1 aromatic carbocycles. The lowest BCUT2D eigenvalue weighted by Gasteiger charge is -2.22. The maximum atomic E-state index is 12.6. The Hall–Kier alpha value is -3.34. The van der Waals surface area contributed by atoms with Gasteiger partial charge < -0.3 is 4.74 Å². The number of anilines is 1. The maximum Gasteiger partial charge on any atom is 0.215 e. The monoisotopic (exact) mass is 317 g/mol. The Bertz CT molecular complexity index is 931. The highest BCUT2D eigenvalue weighted by molar-refractivity contribution is 6.08. The molecule has 0 saturated heterocycles. The minimum atomic E-state index is -0.111. The summed E-state index contributed by atoms with van der Waals surface area (Å²) < 4.78 is 7.31. The normalized spacial score (nSPS) is 15.1. The molecule has 4 rings (SSSR count). The summed E-state index contributed by atoms with van der Waals surface area (Å²) in [7, 11) is 1.60. The highest BCUT2D eigenvalue weighted by Gasteiger charge is 2.25. The van der Waals surface area contributed by atoms with Gasteiger partial charge in [-0.15, -0.1) is 0 Å². The number of carbonyl (C=O) groups is 1. The van der Waals surface area contributed by atoms with Crippen molar-refractivity contribution in [3.63, 3.8) is 0 Å². The van der Waals surface area contributed by atoms with Crippen LogP contribution in [0.5, 0.6) is 0 Å². The first kappa shape index (κ1) is 14.3. The fraction of sp³-hybridized carbons (Fsp3) is 0.0526. The van der Waals surface area contributed by atoms with Crippen LogP contribution in [0, 0.1) is 0 Å². The topological polar surface area (TPSA) is 56.2 Å². The van der Waals surface area contributed by atoms with E-state index in [0.29, 0.717) is 23.1 Å². The van der Waals surface area contributed by atoms with Gasteiger partial charge in [0.2, 0.25) is 17.6 Å². The molecule has 1 aliphatic heterocycles. The maximum absolute atomic E-state index is 12.6. The number of carbonyl (C=O) groups excluding carboxylic acids is 1. The summed E-state index contributed by atoms with van der Waals surface area (Å²) in [5, 5.41) is 3.14. The van der Waals surface area contributed by atoms with E-state index in [1.807, 2.05) is 53.1 Å². The van der Waals surface area contributed by atoms with Crippen molar-refractivity contribution >= 4 is 17.4 Å². The predicted octanol–water partition coefficient (Wildman–Crippen LogP) is 3.36. The second-order valence-electron chi connectivity index (χ2n) is 5.38. The minimum absolute atomic E-state index is 0.111. The van der Waals surface area contributed by atoms with Gasteiger partial charge in [-0.2, -0.15) is 0 Å². The molecule has 0 unspecified atom stereocenters. The number of aromatic nitrogens is 2. The highest BCUT2D eigenvalue weighted by Crippen LogP contribution is 2.32. The number of ketones is 1. The van der Waals surface area contributed by atoms with Gasteiger partial charge >= 0.3 is 0 Å². The minimum Gasteiger partial charge on any atom is -0.482 e. The van der Waals surface area contributed by atoms with Gasteiger partial charge in [-0.05, 0) is 12.2 Å². The SMILES string of the molecule is COC1=C2C=CC=CC=C2n2cc(C(=O)c3ccccc3)nc2N1. The van der Waals surface area contributed by atoms with Crippen LogP contribution in [0.15, 0.2) is 78.4 Å². The van der Waals surface area contributed by atoms with E-state index >= 15 is 0 Å². The number of nitrogens with one attached hydrogen (secondary N) is 1. The number of hydrogen-bond donors (Lipinski definition) is 1. The van der Waals surface area contributed by atoms with Gasteiger partial charge in [0.05, 0.1) is 18.4 Å². The van der Waals surface area contributed by atoms with Gasteiger partial charge in [0.15, 0.2) is 0 Å². The Morgan fingerprint density at radius 2 is 2.00 bits per heavy atom. The van der Waals surface area contributed by atoms with Crippen LogP contribution in [-0.2, 0) is 4.74 Å². The van der Waals surface area contributed by atoms with Crippen molar-refractivity contribution in [2.45, 2.75) is 0 Å². The van der Waals surface area contributed by atoms with Gasteiger partial charge in [-0.1, -0.05) is 48.6 Å². The Morgan fingerprint density at radius 3 is 2.79 bits per heavy atom. The van der Waals surface area contributed by atoms with Gasteiger partial charge in [0.25, 0.3) is 0 Å². The molecule has 0 amide bonds. The molecule has 0 bridgehead atoms. The lowest BCUT2D eigenvalue weighted by atomic mass is 10.1. The molecule has 2 heterocycles. The molecule has 118 valence electrons. The molecule has 0 atom stereocenters. The van der Waals surface area contributed by atoms with Crippen molar-refractivity contribution in [1.82, 2.24) is 9.55 Å². The second-order valence-corrected chi connectivity index (χ2v) is 5.38. The summed E-state index contributed by atoms with van der Waals surface area (Å²) in [6.07, 6.45) is 11.5. The number of benzene rings is 1. The van der Waals surface area contributed by atoms with E-state index in [0.717, 1.165) is 11.3 Å². The van der Waals surface area contributed by atoms with Gasteiger partial charge in [0, 0.05) is 11.8 Å². The largest absolute Gasteiger partial charge is 0.482 e. The standard InChI is InChI=1S/C19H15N3O2/c1-24-18-14-10-6-3-7-11-16(14)22-12-15(20-19(22)21-18)17(23)13-8-4-2-5-9-13/h2-12H,1H3,(H,20,21). The number of fused-ring (bicyclic) bond motifs is 3. The Balaban J connectivity index is 1.79. The van der Waals surface area contributed by atoms with Crippen molar-refractivity contribution < 1.29 is 9.53 Å². The lowest BCUT2D eigenvalue weighted by Crippen LogP contribution is -2.17. The van der Waals surface area contributed by atoms with Crippen LogP contribution in [0.4, 0.5) is 5.95 Å². The highest BCUT2D eigenvalue weighted by atomic mass is 16.5. The number of methoxy groups -OCH3 is 1. The number of nitrogens with zero attached hydrogens (tertiary/aromatic N) is 2. The number of imidazole rings is 1. The van der Waals surface area contributed by atoms with Gasteiger partial charge in [-0.25, -0.2) is 4.98 Å². The number of allylic oxidation sites excluding steroid dienone is 7. The molecule has 1 aromatic heterocycles. The third kappa shape index (κ3) is 2.27. The fourth-order valence-electron chi connectivity index (χ4n) is 2.77. The first-order valence-electron chi connectivity index (χ1n) is 7.58. The van der Waals surface area contributed by atoms with Crippen LogP contribution < -0.4 is 5.32 Å². The quantitative estimate of drug-likeness (QED) is 0.882. The number of rotatable bonds is 3. The molecule has 0 saturated carbocycles. The molecule has 2 aromatic rings. The average Bonchev–Trinajstić information content (AvgIpc) is 2.90. The molecule has 0 radical (unpaired) electrons. The van der Waals surface area contributed by atoms with Gasteiger partial charge in [0.1, 0.15) is 5.69 Å². The second kappa shape index (κ2) is 5.70. The van der Waals surface area contributed by atoms with Crippen LogP contribution in [0.25, 0.3) is 5.70 Å². The molecule has 5 nitrogen and oxygen atoms in total. The number of hydrogen-bond acceptors (Lipinski definition) is 4. The zero-order valence-corrected chi connectivity index (χ0v) is 13.1. The van der Waals surface area contributed by atoms with Crippen molar-refractivity contribution in [3.05, 3.63) is 89.6 Å². The molecule has 1 aliphatic carbocycles. The first-order chi connectivity index (χ1) is 11.8. The van der Waals surface area contributed by atoms with E-state index in [9.17, 15) is 4.79 Å². The van der Waals surface area contributed by atoms with Crippen molar-refractivity contribution in [2.75, 3.05) is 12.4 Å². The molecule has 5 heteroatoms. The summed E-state index contributed by atoms with van der Waals surface area (Å²) in [6.45, 7) is 0. The van der Waals surface area contributed by atoms with E-state index in [-0.39, 0.29) is 5.78 Å². The molecule has 0 spiro atoms. The van der Waals surface area contributed by atoms with E-state index in [1.54, 1.807) is 25.4 Å². The fourth-order valence-corrected chi connectivity index (χ4v) is 2.77. The zero-order valence-electron chi connectivity index (χ0n) is 13.1. The summed E-state index contributed by atoms with van der Waals surface area (Å²) >= 11 is 0.